The number of rotatable bonds is 7. The van der Waals surface area contributed by atoms with Crippen LogP contribution in [0, 0.1) is 0 Å². The molecule has 1 fully saturated rings. The topological polar surface area (TPSA) is 122 Å². The predicted molar refractivity (Wildman–Crippen MR) is 120 cm³/mol. The summed E-state index contributed by atoms with van der Waals surface area (Å²) in [7, 11) is -3.38. The molecule has 2 aliphatic rings. The van der Waals surface area contributed by atoms with Gasteiger partial charge in [-0.2, -0.15) is 5.10 Å². The second kappa shape index (κ2) is 9.05. The number of nitrogens with zero attached hydrogens (tertiary/aromatic N) is 5. The van der Waals surface area contributed by atoms with Crippen LogP contribution in [0.5, 0.6) is 0 Å². The van der Waals surface area contributed by atoms with Gasteiger partial charge in [0.1, 0.15) is 5.60 Å². The maximum Gasteiger partial charge on any atom is 0.225 e. The Labute approximate surface area is 189 Å². The molecule has 0 aromatic carbocycles. The van der Waals surface area contributed by atoms with Crippen LogP contribution in [0.15, 0.2) is 24.5 Å². The third-order valence-electron chi connectivity index (χ3n) is 6.08. The summed E-state index contributed by atoms with van der Waals surface area (Å²) in [4.78, 5) is 10.8. The van der Waals surface area contributed by atoms with Gasteiger partial charge in [0.15, 0.2) is 0 Å². The number of sulfonamides is 1. The highest BCUT2D eigenvalue weighted by molar-refractivity contribution is 7.88. The van der Waals surface area contributed by atoms with E-state index >= 15 is 0 Å². The molecule has 32 heavy (non-hydrogen) atoms. The van der Waals surface area contributed by atoms with E-state index in [1.807, 2.05) is 10.7 Å². The van der Waals surface area contributed by atoms with Crippen LogP contribution in [0.25, 0.3) is 0 Å². The molecule has 0 saturated carbocycles. The number of anilines is 1. The molecule has 2 N–H and O–H groups in total. The van der Waals surface area contributed by atoms with Gasteiger partial charge in [-0.3, -0.25) is 4.68 Å². The number of nitrogens with one attached hydrogen (secondary N) is 1. The predicted octanol–water partition coefficient (Wildman–Crippen LogP) is 0.991. The number of aliphatic hydroxyl groups is 1. The Morgan fingerprint density at radius 1 is 1.22 bits per heavy atom. The SMILES string of the molecule is CC(C)(O)c1cc2n(n1)[C@@H](COC1CCN(c3ncccn3)CC1)[C@@H](NS(C)(=O)=O)CC2. The van der Waals surface area contributed by atoms with Gasteiger partial charge in [0.25, 0.3) is 0 Å². The van der Waals surface area contributed by atoms with Crippen LogP contribution in [-0.4, -0.2) is 71.4 Å². The van der Waals surface area contributed by atoms with E-state index in [2.05, 4.69) is 24.7 Å². The first-order chi connectivity index (χ1) is 15.1. The Kier molecular flexibility index (Phi) is 6.53. The summed E-state index contributed by atoms with van der Waals surface area (Å²) in [5, 5.41) is 15.0. The highest BCUT2D eigenvalue weighted by Gasteiger charge is 2.35. The molecule has 0 radical (unpaired) electrons. The van der Waals surface area contributed by atoms with Gasteiger partial charge in [-0.05, 0) is 51.7 Å². The molecule has 2 aliphatic heterocycles. The average molecular weight is 465 g/mol. The molecule has 4 rings (SSSR count). The summed E-state index contributed by atoms with van der Waals surface area (Å²) in [5.74, 6) is 0.732. The normalized spacial score (nSPS) is 22.7. The molecule has 0 bridgehead atoms. The van der Waals surface area contributed by atoms with Crippen LogP contribution in [0.1, 0.15) is 50.5 Å². The smallest absolute Gasteiger partial charge is 0.225 e. The van der Waals surface area contributed by atoms with E-state index in [9.17, 15) is 13.5 Å². The molecule has 0 amide bonds. The molecule has 0 spiro atoms. The Bertz CT molecular complexity index is 1010. The first kappa shape index (κ1) is 23.1. The Balaban J connectivity index is 1.44. The molecular formula is C21H32N6O4S. The highest BCUT2D eigenvalue weighted by atomic mass is 32.2. The van der Waals surface area contributed by atoms with Crippen molar-refractivity contribution < 1.29 is 18.3 Å². The summed E-state index contributed by atoms with van der Waals surface area (Å²) < 4.78 is 34.8. The summed E-state index contributed by atoms with van der Waals surface area (Å²) >= 11 is 0. The van der Waals surface area contributed by atoms with Crippen molar-refractivity contribution in [2.75, 3.05) is 30.9 Å². The minimum Gasteiger partial charge on any atom is -0.384 e. The maximum absolute atomic E-state index is 12.0. The number of fused-ring (bicyclic) bond motifs is 1. The van der Waals surface area contributed by atoms with Gasteiger partial charge in [0.2, 0.25) is 16.0 Å². The molecule has 176 valence electrons. The van der Waals surface area contributed by atoms with Crippen molar-refractivity contribution in [1.29, 1.82) is 0 Å². The van der Waals surface area contributed by atoms with E-state index in [4.69, 9.17) is 4.74 Å². The number of hydrogen-bond donors (Lipinski definition) is 2. The fourth-order valence-electron chi connectivity index (χ4n) is 4.38. The van der Waals surface area contributed by atoms with Crippen molar-refractivity contribution in [2.45, 2.75) is 63.3 Å². The maximum atomic E-state index is 12.0. The molecule has 0 aliphatic carbocycles. The molecule has 10 nitrogen and oxygen atoms in total. The highest BCUT2D eigenvalue weighted by Crippen LogP contribution is 2.30. The first-order valence-electron chi connectivity index (χ1n) is 11.0. The lowest BCUT2D eigenvalue weighted by Crippen LogP contribution is -2.47. The van der Waals surface area contributed by atoms with E-state index in [1.165, 1.54) is 6.26 Å². The van der Waals surface area contributed by atoms with Crippen molar-refractivity contribution in [1.82, 2.24) is 24.5 Å². The van der Waals surface area contributed by atoms with Crippen LogP contribution in [0.4, 0.5) is 5.95 Å². The summed E-state index contributed by atoms with van der Waals surface area (Å²) in [6.45, 7) is 5.35. The van der Waals surface area contributed by atoms with Crippen molar-refractivity contribution in [3.05, 3.63) is 35.9 Å². The molecule has 2 atom stereocenters. The average Bonchev–Trinajstić information content (AvgIpc) is 3.18. The molecule has 2 aromatic heterocycles. The summed E-state index contributed by atoms with van der Waals surface area (Å²) in [5.41, 5.74) is 0.494. The fraction of sp³-hybridized carbons (Fsp3) is 0.667. The third kappa shape index (κ3) is 5.45. The standard InChI is InChI=1S/C21H32N6O4S/c1-21(2,28)19-13-15-5-6-17(25-32(3,29)30)18(27(15)24-19)14-31-16-7-11-26(12-8-16)20-22-9-4-10-23-20/h4,9-10,13,16-18,25,28H,5-8,11-12,14H2,1-3H3/t17-,18-/m0/s1. The van der Waals surface area contributed by atoms with Crippen molar-refractivity contribution in [3.8, 4) is 0 Å². The second-order valence-electron chi connectivity index (χ2n) is 9.20. The van der Waals surface area contributed by atoms with Gasteiger partial charge in [-0.25, -0.2) is 23.1 Å². The molecule has 1 saturated heterocycles. The monoisotopic (exact) mass is 464 g/mol. The zero-order valence-corrected chi connectivity index (χ0v) is 19.6. The van der Waals surface area contributed by atoms with Gasteiger partial charge >= 0.3 is 0 Å². The number of aromatic nitrogens is 4. The molecule has 4 heterocycles. The molecule has 2 aromatic rings. The Morgan fingerprint density at radius 3 is 2.53 bits per heavy atom. The van der Waals surface area contributed by atoms with Crippen LogP contribution >= 0.6 is 0 Å². The lowest BCUT2D eigenvalue weighted by Gasteiger charge is -2.36. The zero-order valence-electron chi connectivity index (χ0n) is 18.8. The Hall–Kier alpha value is -2.08. The first-order valence-corrected chi connectivity index (χ1v) is 12.9. The van der Waals surface area contributed by atoms with Gasteiger partial charge in [-0.1, -0.05) is 0 Å². The number of ether oxygens (including phenoxy) is 1. The molecular weight excluding hydrogens is 432 g/mol. The van der Waals surface area contributed by atoms with E-state index in [1.54, 1.807) is 32.3 Å². The summed E-state index contributed by atoms with van der Waals surface area (Å²) in [6, 6.07) is 3.12. The van der Waals surface area contributed by atoms with Gasteiger partial charge in [-0.15, -0.1) is 0 Å². The van der Waals surface area contributed by atoms with Gasteiger partial charge in [0, 0.05) is 37.2 Å². The summed E-state index contributed by atoms with van der Waals surface area (Å²) in [6.07, 6.45) is 7.76. The van der Waals surface area contributed by atoms with Crippen LogP contribution in [-0.2, 0) is 26.8 Å². The minimum absolute atomic E-state index is 0.0727. The second-order valence-corrected chi connectivity index (χ2v) is 11.0. The number of aryl methyl sites for hydroxylation is 1. The van der Waals surface area contributed by atoms with Crippen LogP contribution < -0.4 is 9.62 Å². The van der Waals surface area contributed by atoms with Crippen molar-refractivity contribution in [3.63, 3.8) is 0 Å². The van der Waals surface area contributed by atoms with Gasteiger partial charge in [0.05, 0.1) is 30.7 Å². The van der Waals surface area contributed by atoms with Gasteiger partial charge < -0.3 is 14.7 Å². The third-order valence-corrected chi connectivity index (χ3v) is 6.81. The lowest BCUT2D eigenvalue weighted by atomic mass is 9.97. The van der Waals surface area contributed by atoms with Crippen LogP contribution in [0.2, 0.25) is 0 Å². The molecule has 11 heteroatoms. The van der Waals surface area contributed by atoms with E-state index < -0.39 is 15.6 Å². The van der Waals surface area contributed by atoms with E-state index in [0.717, 1.165) is 37.6 Å². The zero-order chi connectivity index (χ0) is 22.9. The van der Waals surface area contributed by atoms with E-state index in [-0.39, 0.29) is 18.2 Å². The lowest BCUT2D eigenvalue weighted by molar-refractivity contribution is 0.00529. The van der Waals surface area contributed by atoms with Crippen molar-refractivity contribution >= 4 is 16.0 Å². The fourth-order valence-corrected chi connectivity index (χ4v) is 5.21. The minimum atomic E-state index is -3.38. The number of piperidine rings is 1. The Morgan fingerprint density at radius 2 is 1.91 bits per heavy atom. The van der Waals surface area contributed by atoms with Crippen LogP contribution in [0.3, 0.4) is 0 Å². The number of hydrogen-bond acceptors (Lipinski definition) is 8. The van der Waals surface area contributed by atoms with Crippen molar-refractivity contribution in [2.24, 2.45) is 0 Å². The van der Waals surface area contributed by atoms with E-state index in [0.29, 0.717) is 25.1 Å². The molecule has 0 unspecified atom stereocenters. The largest absolute Gasteiger partial charge is 0.384 e. The quantitative estimate of drug-likeness (QED) is 0.622.